The van der Waals surface area contributed by atoms with E-state index in [-0.39, 0.29) is 42.4 Å². The number of carbonyl (C=O) groups excluding carboxylic acids is 4. The number of ketones is 1. The van der Waals surface area contributed by atoms with Gasteiger partial charge in [-0.3, -0.25) is 19.2 Å². The highest BCUT2D eigenvalue weighted by atomic mass is 35.5. The van der Waals surface area contributed by atoms with Crippen LogP contribution in [0.15, 0.2) is 42.6 Å². The fraction of sp³-hybridized carbons (Fsp3) is 0.286. The highest BCUT2D eigenvalue weighted by molar-refractivity contribution is 7.89. The fourth-order valence-corrected chi connectivity index (χ4v) is 5.22. The van der Waals surface area contributed by atoms with Gasteiger partial charge in [0.15, 0.2) is 5.78 Å². The molecular weight excluding hydrogens is 594 g/mol. The summed E-state index contributed by atoms with van der Waals surface area (Å²) in [7, 11) is -3.80. The van der Waals surface area contributed by atoms with E-state index in [0.29, 0.717) is 22.0 Å². The molecule has 4 rings (SSSR count). The van der Waals surface area contributed by atoms with Gasteiger partial charge in [0.2, 0.25) is 21.8 Å². The van der Waals surface area contributed by atoms with E-state index < -0.39 is 45.8 Å². The molecule has 1 fully saturated rings. The van der Waals surface area contributed by atoms with Crippen LogP contribution in [0.2, 0.25) is 5.02 Å². The number of carbonyl (C=O) groups is 4. The Morgan fingerprint density at radius 1 is 1.17 bits per heavy atom. The van der Waals surface area contributed by atoms with Crippen molar-refractivity contribution in [3.05, 3.63) is 70.1 Å². The van der Waals surface area contributed by atoms with Gasteiger partial charge in [-0.2, -0.15) is 0 Å². The first kappa shape index (κ1) is 30.7. The van der Waals surface area contributed by atoms with Crippen molar-refractivity contribution in [1.29, 1.82) is 0 Å². The molecule has 14 heteroatoms. The molecule has 3 amide bonds. The minimum Gasteiger partial charge on any atom is -0.350 e. The number of nitrogens with one attached hydrogen (secondary N) is 2. The van der Waals surface area contributed by atoms with E-state index in [0.717, 1.165) is 11.2 Å². The maximum atomic E-state index is 14.4. The number of amides is 3. The van der Waals surface area contributed by atoms with Crippen LogP contribution < -0.4 is 10.0 Å². The molecule has 0 bridgehead atoms. The molecule has 1 aliphatic rings. The number of fused-ring (bicyclic) bond motifs is 1. The van der Waals surface area contributed by atoms with Crippen LogP contribution in [0.4, 0.5) is 8.78 Å². The third kappa shape index (κ3) is 7.13. The first-order valence-electron chi connectivity index (χ1n) is 12.5. The lowest BCUT2D eigenvalue weighted by Gasteiger charge is -2.24. The number of hydrogen-bond acceptors (Lipinski definition) is 6. The van der Waals surface area contributed by atoms with Crippen molar-refractivity contribution in [2.24, 2.45) is 0 Å². The molecule has 10 nitrogen and oxygen atoms in total. The lowest BCUT2D eigenvalue weighted by atomic mass is 10.1. The van der Waals surface area contributed by atoms with Crippen molar-refractivity contribution in [1.82, 2.24) is 19.5 Å². The van der Waals surface area contributed by atoms with E-state index >= 15 is 0 Å². The second kappa shape index (κ2) is 12.3. The summed E-state index contributed by atoms with van der Waals surface area (Å²) in [5, 5.41) is 2.91. The van der Waals surface area contributed by atoms with Gasteiger partial charge in [0, 0.05) is 47.2 Å². The van der Waals surface area contributed by atoms with Crippen LogP contribution in [-0.2, 0) is 37.5 Å². The number of Topliss-reactive ketones (excluding diaryl/α,β-unsaturated/α-hetero) is 1. The molecule has 0 radical (unpaired) electrons. The predicted molar refractivity (Wildman–Crippen MR) is 150 cm³/mol. The minimum absolute atomic E-state index is 0.113. The maximum absolute atomic E-state index is 14.4. The quantitative estimate of drug-likeness (QED) is 0.308. The summed E-state index contributed by atoms with van der Waals surface area (Å²) < 4.78 is 54.3. The normalized spacial score (nSPS) is 16.5. The first-order chi connectivity index (χ1) is 19.7. The van der Waals surface area contributed by atoms with Gasteiger partial charge in [-0.05, 0) is 25.1 Å². The van der Waals surface area contributed by atoms with Crippen molar-refractivity contribution in [3.8, 4) is 11.8 Å². The topological polar surface area (TPSA) is 135 Å². The van der Waals surface area contributed by atoms with Crippen LogP contribution >= 0.6 is 11.6 Å². The van der Waals surface area contributed by atoms with Crippen molar-refractivity contribution >= 4 is 56.0 Å². The van der Waals surface area contributed by atoms with Gasteiger partial charge in [0.1, 0.15) is 24.6 Å². The Morgan fingerprint density at radius 2 is 1.90 bits per heavy atom. The second-order valence-corrected chi connectivity index (χ2v) is 11.9. The number of hydrogen-bond donors (Lipinski definition) is 2. The Bertz CT molecular complexity index is 1780. The fourth-order valence-electron chi connectivity index (χ4n) is 4.63. The molecule has 3 aromatic rings. The van der Waals surface area contributed by atoms with Crippen LogP contribution in [0, 0.1) is 17.7 Å². The summed E-state index contributed by atoms with van der Waals surface area (Å²) in [4.78, 5) is 51.4. The Labute approximate surface area is 245 Å². The zero-order chi connectivity index (χ0) is 30.8. The largest absolute Gasteiger partial charge is 0.350 e. The molecule has 0 aliphatic carbocycles. The Kier molecular flexibility index (Phi) is 8.98. The zero-order valence-electron chi connectivity index (χ0n) is 22.4. The molecule has 2 aromatic carbocycles. The van der Waals surface area contributed by atoms with Crippen LogP contribution in [0.1, 0.15) is 34.8 Å². The molecule has 2 N–H and O–H groups in total. The lowest BCUT2D eigenvalue weighted by molar-refractivity contribution is -0.139. The lowest BCUT2D eigenvalue weighted by Crippen LogP contribution is -2.46. The number of nitrogens with zero attached hydrogens (tertiary/aromatic N) is 2. The van der Waals surface area contributed by atoms with E-state index in [1.54, 1.807) is 10.8 Å². The van der Waals surface area contributed by atoms with Crippen molar-refractivity contribution < 1.29 is 36.4 Å². The average Bonchev–Trinajstić information content (AvgIpc) is 3.48. The SMILES string of the molecule is CC(=O)c1cn(CC(=O)N2C[C@H](F)C[C@H]2C(=O)NCc2cccc(Cl)c2F)c2cc(C#CC(=O)NS(C)(=O)=O)ccc12. The van der Waals surface area contributed by atoms with Crippen molar-refractivity contribution in [2.75, 3.05) is 12.8 Å². The molecule has 1 aromatic heterocycles. The number of halogens is 3. The number of likely N-dealkylation sites (tertiary alicyclic amines) is 1. The summed E-state index contributed by atoms with van der Waals surface area (Å²) in [6, 6.07) is 7.80. The predicted octanol–water partition coefficient (Wildman–Crippen LogP) is 2.32. The van der Waals surface area contributed by atoms with E-state index in [9.17, 15) is 36.4 Å². The van der Waals surface area contributed by atoms with E-state index in [2.05, 4.69) is 17.2 Å². The zero-order valence-corrected chi connectivity index (χ0v) is 24.0. The summed E-state index contributed by atoms with van der Waals surface area (Å²) >= 11 is 5.78. The Hall–Kier alpha value is -4.28. The molecule has 1 aliphatic heterocycles. The van der Waals surface area contributed by atoms with Gasteiger partial charge in [0.05, 0.1) is 23.3 Å². The van der Waals surface area contributed by atoms with Gasteiger partial charge in [-0.25, -0.2) is 21.9 Å². The van der Waals surface area contributed by atoms with E-state index in [1.165, 1.54) is 48.0 Å². The van der Waals surface area contributed by atoms with Crippen LogP contribution in [0.3, 0.4) is 0 Å². The molecule has 42 heavy (non-hydrogen) atoms. The number of alkyl halides is 1. The number of benzene rings is 2. The second-order valence-electron chi connectivity index (χ2n) is 9.74. The van der Waals surface area contributed by atoms with Gasteiger partial charge >= 0.3 is 5.91 Å². The van der Waals surface area contributed by atoms with Gasteiger partial charge in [-0.1, -0.05) is 35.7 Å². The number of aromatic nitrogens is 1. The highest BCUT2D eigenvalue weighted by Crippen LogP contribution is 2.26. The maximum Gasteiger partial charge on any atom is 0.309 e. The monoisotopic (exact) mass is 618 g/mol. The van der Waals surface area contributed by atoms with Crippen molar-refractivity contribution in [3.63, 3.8) is 0 Å². The van der Waals surface area contributed by atoms with Gasteiger partial charge in [-0.15, -0.1) is 0 Å². The summed E-state index contributed by atoms with van der Waals surface area (Å²) in [5.41, 5.74) is 1.13. The first-order valence-corrected chi connectivity index (χ1v) is 14.8. The highest BCUT2D eigenvalue weighted by Gasteiger charge is 2.39. The third-order valence-electron chi connectivity index (χ3n) is 6.52. The summed E-state index contributed by atoms with van der Waals surface area (Å²) in [5.74, 6) is 1.43. The molecule has 0 spiro atoms. The minimum atomic E-state index is -3.80. The van der Waals surface area contributed by atoms with E-state index in [4.69, 9.17) is 11.6 Å². The van der Waals surface area contributed by atoms with E-state index in [1.807, 2.05) is 0 Å². The molecule has 0 saturated carbocycles. The molecule has 220 valence electrons. The Balaban J connectivity index is 1.56. The molecule has 2 atom stereocenters. The van der Waals surface area contributed by atoms with Gasteiger partial charge in [0.25, 0.3) is 0 Å². The van der Waals surface area contributed by atoms with Crippen LogP contribution in [0.5, 0.6) is 0 Å². The summed E-state index contributed by atoms with van der Waals surface area (Å²) in [6.45, 7) is 0.459. The van der Waals surface area contributed by atoms with Crippen LogP contribution in [-0.4, -0.2) is 66.4 Å². The molecule has 1 saturated heterocycles. The average molecular weight is 619 g/mol. The molecule has 2 heterocycles. The van der Waals surface area contributed by atoms with Crippen LogP contribution in [0.25, 0.3) is 10.9 Å². The number of rotatable bonds is 7. The Morgan fingerprint density at radius 3 is 2.60 bits per heavy atom. The van der Waals surface area contributed by atoms with Crippen molar-refractivity contribution in [2.45, 2.75) is 38.6 Å². The summed E-state index contributed by atoms with van der Waals surface area (Å²) in [6.07, 6.45) is 0.570. The van der Waals surface area contributed by atoms with Gasteiger partial charge < -0.3 is 14.8 Å². The third-order valence-corrected chi connectivity index (χ3v) is 7.37. The standard InChI is InChI=1S/C28H25ClF2N4O6S/c1-16(36)21-14-34(23-10-17(6-8-20(21)23)7-9-25(37)33-42(2,40)41)15-26(38)35-13-19(30)11-24(35)28(39)32-12-18-4-3-5-22(29)27(18)31/h3-6,8,10,14,19,24H,11-13,15H2,1-2H3,(H,32,39)(H,33,37)/t19-,24+/m1/s1. The smallest absolute Gasteiger partial charge is 0.309 e. The molecule has 0 unspecified atom stereocenters. The molecular formula is C28H25ClF2N4O6S. The number of sulfonamides is 1.